The molecule has 1 atom stereocenters. The Morgan fingerprint density at radius 3 is 2.89 bits per heavy atom. The molecule has 0 fully saturated rings. The maximum Gasteiger partial charge on any atom is 0.317 e. The van der Waals surface area contributed by atoms with Crippen LogP contribution in [0, 0.1) is 6.92 Å². The molecule has 1 aliphatic carbocycles. The van der Waals surface area contributed by atoms with Gasteiger partial charge in [-0.2, -0.15) is 10.2 Å². The number of carbonyl (C=O) groups is 1. The predicted octanol–water partition coefficient (Wildman–Crippen LogP) is 2.86. The number of amides is 2. The highest BCUT2D eigenvalue weighted by molar-refractivity contribution is 6.01. The fourth-order valence-electron chi connectivity index (χ4n) is 3.39. The lowest BCUT2D eigenvalue weighted by molar-refractivity contribution is 0.214. The summed E-state index contributed by atoms with van der Waals surface area (Å²) in [6, 6.07) is -0.623. The van der Waals surface area contributed by atoms with Crippen molar-refractivity contribution in [2.75, 3.05) is 12.4 Å². The average molecular weight is 377 g/mol. The zero-order valence-corrected chi connectivity index (χ0v) is 16.1. The monoisotopic (exact) mass is 377 g/mol. The van der Waals surface area contributed by atoms with Gasteiger partial charge >= 0.3 is 6.03 Å². The lowest BCUT2D eigenvalue weighted by atomic mass is 10.1. The number of primary amides is 1. The Bertz CT molecular complexity index is 1010. The molecule has 3 heterocycles. The number of hydrogen-bond donors (Lipinski definition) is 2. The van der Waals surface area contributed by atoms with Gasteiger partial charge in [-0.3, -0.25) is 10.3 Å². The Hall–Kier alpha value is -3.55. The highest BCUT2D eigenvalue weighted by atomic mass is 16.2. The number of aromatic nitrogens is 2. The topological polar surface area (TPSA) is 91.8 Å². The Morgan fingerprint density at radius 1 is 1.29 bits per heavy atom. The van der Waals surface area contributed by atoms with E-state index in [-0.39, 0.29) is 6.17 Å². The minimum absolute atomic E-state index is 0.123. The first-order valence-electron chi connectivity index (χ1n) is 9.15. The van der Waals surface area contributed by atoms with Crippen LogP contribution >= 0.6 is 0 Å². The molecule has 8 nitrogen and oxygen atoms in total. The minimum atomic E-state index is -0.623. The van der Waals surface area contributed by atoms with Gasteiger partial charge < -0.3 is 10.6 Å². The molecule has 0 saturated heterocycles. The summed E-state index contributed by atoms with van der Waals surface area (Å²) >= 11 is 0. The van der Waals surface area contributed by atoms with Crippen LogP contribution < -0.4 is 11.1 Å². The highest BCUT2D eigenvalue weighted by Gasteiger charge is 2.29. The number of rotatable bonds is 3. The second-order valence-corrected chi connectivity index (χ2v) is 6.87. The number of anilines is 1. The van der Waals surface area contributed by atoms with Crippen LogP contribution in [0.3, 0.4) is 0 Å². The second kappa shape index (κ2) is 6.88. The van der Waals surface area contributed by atoms with Crippen LogP contribution in [0.25, 0.3) is 11.3 Å². The number of nitrogens with one attached hydrogen (secondary N) is 1. The summed E-state index contributed by atoms with van der Waals surface area (Å²) in [6.07, 6.45) is 17.0. The van der Waals surface area contributed by atoms with Crippen molar-refractivity contribution in [2.24, 2.45) is 10.8 Å². The fraction of sp³-hybridized carbons (Fsp3) is 0.250. The maximum absolute atomic E-state index is 11.6. The van der Waals surface area contributed by atoms with Crippen LogP contribution in [0.5, 0.6) is 0 Å². The first-order chi connectivity index (χ1) is 13.5. The van der Waals surface area contributed by atoms with Gasteiger partial charge in [0.05, 0.1) is 11.4 Å². The molecule has 0 aromatic carbocycles. The third-order valence-electron chi connectivity index (χ3n) is 5.00. The summed E-state index contributed by atoms with van der Waals surface area (Å²) in [5.41, 5.74) is 8.83. The van der Waals surface area contributed by atoms with Crippen molar-refractivity contribution in [3.05, 3.63) is 60.0 Å². The molecule has 8 heteroatoms. The number of nitrogens with zero attached hydrogens (tertiary/aromatic N) is 5. The Balaban J connectivity index is 1.80. The van der Waals surface area contributed by atoms with E-state index in [4.69, 9.17) is 10.8 Å². The van der Waals surface area contributed by atoms with Gasteiger partial charge in [0.1, 0.15) is 12.0 Å². The number of carbonyl (C=O) groups excluding carboxylic acids is 1. The zero-order chi connectivity index (χ0) is 19.8. The van der Waals surface area contributed by atoms with Crippen molar-refractivity contribution in [1.82, 2.24) is 19.7 Å². The molecule has 4 rings (SSSR count). The largest absolute Gasteiger partial charge is 0.351 e. The lowest BCUT2D eigenvalue weighted by Gasteiger charge is -2.25. The molecule has 0 saturated carbocycles. The van der Waals surface area contributed by atoms with Crippen molar-refractivity contribution < 1.29 is 4.79 Å². The summed E-state index contributed by atoms with van der Waals surface area (Å²) in [4.78, 5) is 13.7. The molecule has 3 aliphatic rings. The average Bonchev–Trinajstić information content (AvgIpc) is 2.99. The van der Waals surface area contributed by atoms with E-state index < -0.39 is 6.03 Å². The van der Waals surface area contributed by atoms with E-state index in [1.54, 1.807) is 4.68 Å². The van der Waals surface area contributed by atoms with Crippen LogP contribution in [0.2, 0.25) is 0 Å². The van der Waals surface area contributed by atoms with Crippen LogP contribution in [0.4, 0.5) is 10.6 Å². The number of amidine groups is 1. The molecule has 2 amide bonds. The number of urea groups is 1. The zero-order valence-electron chi connectivity index (χ0n) is 16.1. The number of hydrogen-bond acceptors (Lipinski definition) is 5. The third kappa shape index (κ3) is 3.02. The van der Waals surface area contributed by atoms with E-state index in [0.29, 0.717) is 5.82 Å². The number of hydrazone groups is 1. The van der Waals surface area contributed by atoms with Gasteiger partial charge in [0.15, 0.2) is 5.84 Å². The van der Waals surface area contributed by atoms with Gasteiger partial charge in [0.2, 0.25) is 0 Å². The molecular weight excluding hydrogens is 354 g/mol. The van der Waals surface area contributed by atoms with Crippen molar-refractivity contribution in [3.63, 3.8) is 0 Å². The predicted molar refractivity (Wildman–Crippen MR) is 111 cm³/mol. The molecular formula is C20H23N7O. The fourth-order valence-corrected chi connectivity index (χ4v) is 3.39. The van der Waals surface area contributed by atoms with Gasteiger partial charge in [-0.1, -0.05) is 18.2 Å². The summed E-state index contributed by atoms with van der Waals surface area (Å²) in [6.45, 7) is 4.02. The van der Waals surface area contributed by atoms with Crippen LogP contribution in [0.15, 0.2) is 53.8 Å². The molecule has 28 heavy (non-hydrogen) atoms. The summed E-state index contributed by atoms with van der Waals surface area (Å²) in [5.74, 6) is 1.46. The van der Waals surface area contributed by atoms with E-state index in [9.17, 15) is 4.79 Å². The maximum atomic E-state index is 11.6. The van der Waals surface area contributed by atoms with Gasteiger partial charge in [0, 0.05) is 24.4 Å². The van der Waals surface area contributed by atoms with E-state index in [2.05, 4.69) is 28.3 Å². The Labute approximate surface area is 163 Å². The van der Waals surface area contributed by atoms with Crippen molar-refractivity contribution >= 4 is 29.0 Å². The molecule has 1 aromatic heterocycles. The second-order valence-electron chi connectivity index (χ2n) is 6.87. The van der Waals surface area contributed by atoms with E-state index in [0.717, 1.165) is 34.8 Å². The molecule has 144 valence electrons. The summed E-state index contributed by atoms with van der Waals surface area (Å²) in [5, 5.41) is 14.0. The van der Waals surface area contributed by atoms with Gasteiger partial charge in [-0.25, -0.2) is 9.48 Å². The lowest BCUT2D eigenvalue weighted by Crippen LogP contribution is -2.35. The molecule has 1 aromatic rings. The third-order valence-corrected chi connectivity index (χ3v) is 5.00. The first-order valence-corrected chi connectivity index (χ1v) is 9.15. The van der Waals surface area contributed by atoms with Gasteiger partial charge in [0.25, 0.3) is 0 Å². The number of nitrogens with two attached hydrogens (primary N) is 1. The van der Waals surface area contributed by atoms with Crippen LogP contribution in [-0.2, 0) is 0 Å². The van der Waals surface area contributed by atoms with E-state index in [1.165, 1.54) is 0 Å². The Morgan fingerprint density at radius 2 is 2.11 bits per heavy atom. The number of fused-ring (bicyclic) bond motifs is 1. The van der Waals surface area contributed by atoms with E-state index in [1.807, 2.05) is 61.6 Å². The first kappa shape index (κ1) is 17.8. The normalized spacial score (nSPS) is 20.5. The van der Waals surface area contributed by atoms with E-state index >= 15 is 0 Å². The number of allylic oxidation sites excluding steroid dienone is 8. The quantitative estimate of drug-likeness (QED) is 0.847. The SMILES string of the molecule is Cc1c(C2=CN3C(=NN(C)C3C)C=C2)nn(C2=CC=CCC=C2)c1NC(N)=O. The molecule has 0 spiro atoms. The van der Waals surface area contributed by atoms with Crippen LogP contribution in [0.1, 0.15) is 24.6 Å². The molecule has 1 unspecified atom stereocenters. The van der Waals surface area contributed by atoms with Gasteiger partial charge in [-0.05, 0) is 44.6 Å². The summed E-state index contributed by atoms with van der Waals surface area (Å²) < 4.78 is 1.72. The summed E-state index contributed by atoms with van der Waals surface area (Å²) in [7, 11) is 1.95. The minimum Gasteiger partial charge on any atom is -0.351 e. The standard InChI is InChI=1S/C20H23N7O/c1-13-18(15-10-11-17-23-25(3)14(2)26(17)12-15)24-27(19(13)22-20(21)28)16-8-6-4-5-7-9-16/h4,6-12,14H,5H2,1-3H3,(H3,21,22,28). The van der Waals surface area contributed by atoms with Crippen molar-refractivity contribution in [1.29, 1.82) is 0 Å². The Kier molecular flexibility index (Phi) is 4.38. The molecule has 0 radical (unpaired) electrons. The van der Waals surface area contributed by atoms with Crippen molar-refractivity contribution in [3.8, 4) is 0 Å². The van der Waals surface area contributed by atoms with Crippen molar-refractivity contribution in [2.45, 2.75) is 26.4 Å². The van der Waals surface area contributed by atoms with Gasteiger partial charge in [-0.15, -0.1) is 0 Å². The van der Waals surface area contributed by atoms with Crippen LogP contribution in [-0.4, -0.2) is 44.8 Å². The highest BCUT2D eigenvalue weighted by Crippen LogP contribution is 2.32. The smallest absolute Gasteiger partial charge is 0.317 e. The molecule has 0 bridgehead atoms. The molecule has 2 aliphatic heterocycles. The molecule has 3 N–H and O–H groups in total.